The molecule has 8 heteroatoms. The Kier molecular flexibility index (Phi) is 6.74. The molecule has 0 aliphatic rings. The molecule has 0 saturated carbocycles. The van der Waals surface area contributed by atoms with E-state index in [0.29, 0.717) is 28.1 Å². The summed E-state index contributed by atoms with van der Waals surface area (Å²) in [6.07, 6.45) is 1.52. The van der Waals surface area contributed by atoms with Gasteiger partial charge in [0, 0.05) is 36.7 Å². The maximum Gasteiger partial charge on any atom is 0.265 e. The molecule has 0 spiro atoms. The molecule has 0 aliphatic carbocycles. The molecule has 0 fully saturated rings. The number of ether oxygens (including phenoxy) is 1. The number of aryl methyl sites for hydroxylation is 4. The molecule has 0 aliphatic heterocycles. The zero-order valence-corrected chi connectivity index (χ0v) is 20.6. The first kappa shape index (κ1) is 23.5. The number of hydrogen-bond acceptors (Lipinski definition) is 6. The molecular weight excluding hydrogens is 426 g/mol. The van der Waals surface area contributed by atoms with E-state index in [4.69, 9.17) is 9.15 Å². The molecule has 0 unspecified atom stereocenters. The fourth-order valence-corrected chi connectivity index (χ4v) is 4.49. The molecule has 3 aromatic rings. The largest absolute Gasteiger partial charge is 0.493 e. The second-order valence-corrected chi connectivity index (χ2v) is 8.92. The van der Waals surface area contributed by atoms with Gasteiger partial charge in [-0.25, -0.2) is 4.98 Å². The van der Waals surface area contributed by atoms with Crippen molar-refractivity contribution >= 4 is 44.8 Å². The lowest BCUT2D eigenvalue weighted by molar-refractivity contribution is -0.111. The molecule has 0 bridgehead atoms. The lowest BCUT2D eigenvalue weighted by Crippen LogP contribution is -2.21. The summed E-state index contributed by atoms with van der Waals surface area (Å²) in [6.45, 7) is 12.0. The second kappa shape index (κ2) is 9.16. The van der Waals surface area contributed by atoms with Crippen molar-refractivity contribution in [3.8, 4) is 5.75 Å². The Morgan fingerprint density at radius 3 is 2.53 bits per heavy atom. The number of anilines is 1. The Hall–Kier alpha value is -3.13. The maximum atomic E-state index is 12.7. The van der Waals surface area contributed by atoms with Gasteiger partial charge in [0.05, 0.1) is 12.3 Å². The summed E-state index contributed by atoms with van der Waals surface area (Å²) < 4.78 is 11.9. The van der Waals surface area contributed by atoms with Crippen LogP contribution in [0, 0.1) is 27.7 Å². The number of aromatic nitrogens is 1. The van der Waals surface area contributed by atoms with Crippen molar-refractivity contribution in [3.05, 3.63) is 45.2 Å². The minimum absolute atomic E-state index is 0.136. The van der Waals surface area contributed by atoms with Gasteiger partial charge >= 0.3 is 0 Å². The Morgan fingerprint density at radius 2 is 1.91 bits per heavy atom. The number of fused-ring (bicyclic) bond motifs is 1. The third-order valence-corrected chi connectivity index (χ3v) is 6.40. The maximum absolute atomic E-state index is 12.7. The van der Waals surface area contributed by atoms with Crippen LogP contribution < -0.4 is 10.1 Å². The number of benzene rings is 1. The number of nitrogens with one attached hydrogen (secondary N) is 1. The molecule has 7 nitrogen and oxygen atoms in total. The molecule has 1 N–H and O–H groups in total. The summed E-state index contributed by atoms with van der Waals surface area (Å²) in [7, 11) is 3.37. The Morgan fingerprint density at radius 1 is 1.22 bits per heavy atom. The lowest BCUT2D eigenvalue weighted by atomic mass is 9.98. The Bertz CT molecular complexity index is 1230. The van der Waals surface area contributed by atoms with Crippen molar-refractivity contribution in [1.29, 1.82) is 0 Å². The van der Waals surface area contributed by atoms with Crippen LogP contribution in [0.5, 0.6) is 5.75 Å². The first-order chi connectivity index (χ1) is 15.0. The average Bonchev–Trinajstić information content (AvgIpc) is 3.22. The van der Waals surface area contributed by atoms with Crippen molar-refractivity contribution in [2.24, 2.45) is 0 Å². The van der Waals surface area contributed by atoms with Gasteiger partial charge < -0.3 is 14.1 Å². The van der Waals surface area contributed by atoms with Gasteiger partial charge in [0.1, 0.15) is 22.0 Å². The summed E-state index contributed by atoms with van der Waals surface area (Å²) >= 11 is 1.17. The zero-order valence-electron chi connectivity index (χ0n) is 19.8. The number of allylic oxidation sites excluding steroid dienone is 1. The number of amides is 2. The Balaban J connectivity index is 1.95. The summed E-state index contributed by atoms with van der Waals surface area (Å²) in [5.41, 5.74) is 4.98. The molecule has 0 saturated heterocycles. The highest BCUT2D eigenvalue weighted by Gasteiger charge is 2.20. The molecule has 2 amide bonds. The monoisotopic (exact) mass is 455 g/mol. The average molecular weight is 456 g/mol. The van der Waals surface area contributed by atoms with E-state index in [0.717, 1.165) is 39.0 Å². The lowest BCUT2D eigenvalue weighted by Gasteiger charge is -2.14. The predicted molar refractivity (Wildman–Crippen MR) is 129 cm³/mol. The van der Waals surface area contributed by atoms with E-state index in [2.05, 4.69) is 10.3 Å². The van der Waals surface area contributed by atoms with E-state index in [1.807, 2.05) is 40.7 Å². The van der Waals surface area contributed by atoms with E-state index in [9.17, 15) is 9.59 Å². The fourth-order valence-electron chi connectivity index (χ4n) is 3.50. The van der Waals surface area contributed by atoms with Crippen LogP contribution >= 0.6 is 11.3 Å². The highest BCUT2D eigenvalue weighted by Crippen LogP contribution is 2.39. The van der Waals surface area contributed by atoms with Crippen LogP contribution in [0.1, 0.15) is 51.7 Å². The van der Waals surface area contributed by atoms with Gasteiger partial charge in [0.15, 0.2) is 5.13 Å². The number of carbonyl (C=O) groups is 2. The van der Waals surface area contributed by atoms with Crippen molar-refractivity contribution in [1.82, 2.24) is 9.88 Å². The van der Waals surface area contributed by atoms with Crippen molar-refractivity contribution < 1.29 is 18.7 Å². The minimum Gasteiger partial charge on any atom is -0.493 e. The van der Waals surface area contributed by atoms with E-state index in [-0.39, 0.29) is 11.8 Å². The molecule has 32 heavy (non-hydrogen) atoms. The van der Waals surface area contributed by atoms with Gasteiger partial charge in [-0.1, -0.05) is 11.3 Å². The molecule has 170 valence electrons. The molecule has 0 radical (unpaired) electrons. The van der Waals surface area contributed by atoms with E-state index < -0.39 is 0 Å². The first-order valence-electron chi connectivity index (χ1n) is 10.4. The molecular formula is C24H29N3O4S. The number of furan rings is 1. The summed E-state index contributed by atoms with van der Waals surface area (Å²) in [4.78, 5) is 31.3. The van der Waals surface area contributed by atoms with Crippen LogP contribution in [0.15, 0.2) is 16.6 Å². The first-order valence-corrected chi connectivity index (χ1v) is 11.2. The quantitative estimate of drug-likeness (QED) is 0.512. The van der Waals surface area contributed by atoms with Crippen LogP contribution in [-0.4, -0.2) is 42.4 Å². The van der Waals surface area contributed by atoms with Crippen LogP contribution in [0.25, 0.3) is 16.5 Å². The fraction of sp³-hybridized carbons (Fsp3) is 0.375. The number of nitrogens with zero attached hydrogens (tertiary/aromatic N) is 2. The molecule has 0 atom stereocenters. The van der Waals surface area contributed by atoms with Crippen LogP contribution in [0.2, 0.25) is 0 Å². The third kappa shape index (κ3) is 4.41. The van der Waals surface area contributed by atoms with Gasteiger partial charge in [-0.2, -0.15) is 0 Å². The molecule has 2 heterocycles. The number of rotatable bonds is 6. The molecule has 2 aromatic heterocycles. The van der Waals surface area contributed by atoms with Gasteiger partial charge in [-0.15, -0.1) is 0 Å². The predicted octanol–water partition coefficient (Wildman–Crippen LogP) is 5.27. The van der Waals surface area contributed by atoms with Gasteiger partial charge in [-0.3, -0.25) is 14.9 Å². The number of thiazole rings is 1. The second-order valence-electron chi connectivity index (χ2n) is 7.92. The van der Waals surface area contributed by atoms with Crippen LogP contribution in [-0.2, 0) is 4.79 Å². The van der Waals surface area contributed by atoms with E-state index >= 15 is 0 Å². The molecule has 3 rings (SSSR count). The molecule has 1 aromatic carbocycles. The summed E-state index contributed by atoms with van der Waals surface area (Å²) in [6, 6.07) is 2.01. The standard InChI is InChI=1S/C24H29N3O4S/c1-9-30-20-14(4)21-18(13(3)16(6)31-21)11-17(20)12(2)10-19(28)26-24-25-15(5)22(32-24)23(29)27(7)8/h10-11H,9H2,1-8H3,(H,25,26,28)/b12-10+. The van der Waals surface area contributed by atoms with E-state index in [1.54, 1.807) is 21.0 Å². The van der Waals surface area contributed by atoms with Gasteiger partial charge in [-0.05, 0) is 58.7 Å². The van der Waals surface area contributed by atoms with Crippen LogP contribution in [0.4, 0.5) is 5.13 Å². The Labute approximate surface area is 192 Å². The van der Waals surface area contributed by atoms with Gasteiger partial charge in [0.2, 0.25) is 5.91 Å². The highest BCUT2D eigenvalue weighted by molar-refractivity contribution is 7.17. The van der Waals surface area contributed by atoms with Crippen LogP contribution in [0.3, 0.4) is 0 Å². The van der Waals surface area contributed by atoms with Crippen molar-refractivity contribution in [2.45, 2.75) is 41.5 Å². The highest BCUT2D eigenvalue weighted by atomic mass is 32.1. The van der Waals surface area contributed by atoms with Crippen molar-refractivity contribution in [2.75, 3.05) is 26.0 Å². The van der Waals surface area contributed by atoms with E-state index in [1.165, 1.54) is 22.3 Å². The number of hydrogen-bond donors (Lipinski definition) is 1. The van der Waals surface area contributed by atoms with Crippen molar-refractivity contribution in [3.63, 3.8) is 0 Å². The number of carbonyl (C=O) groups excluding carboxylic acids is 2. The normalized spacial score (nSPS) is 11.7. The SMILES string of the molecule is CCOc1c(/C(C)=C/C(=O)Nc2nc(C)c(C(=O)N(C)C)s2)cc2c(C)c(C)oc2c1C. The van der Waals surface area contributed by atoms with Gasteiger partial charge in [0.25, 0.3) is 5.91 Å². The smallest absolute Gasteiger partial charge is 0.265 e. The minimum atomic E-state index is -0.319. The topological polar surface area (TPSA) is 84.7 Å². The third-order valence-electron chi connectivity index (χ3n) is 5.33. The zero-order chi connectivity index (χ0) is 23.7. The summed E-state index contributed by atoms with van der Waals surface area (Å²) in [5.74, 6) is 1.12. The summed E-state index contributed by atoms with van der Waals surface area (Å²) in [5, 5.41) is 4.18.